The van der Waals surface area contributed by atoms with Gasteiger partial charge in [0.05, 0.1) is 5.69 Å². The lowest BCUT2D eigenvalue weighted by molar-refractivity contribution is -0.130. The molecule has 1 aliphatic heterocycles. The summed E-state index contributed by atoms with van der Waals surface area (Å²) in [7, 11) is 0. The van der Waals surface area contributed by atoms with Gasteiger partial charge in [0, 0.05) is 37.2 Å². The fourth-order valence-corrected chi connectivity index (χ4v) is 5.22. The standard InChI is InChI=1S/C27H31ClN2O/c1-4-18(2)7-8-21-16-22-17-23(28)9-10-24(22)26(27-25(21)6-5-13-29-27)20-11-14-30(15-12-20)19(3)31/h4-6,9-10,13,16-18,20,26H,1,7-8,11-12,14-15H2,2-3H3. The molecule has 0 saturated carbocycles. The number of carbonyl (C=O) groups excluding carboxylic acids is 1. The number of hydrogen-bond acceptors (Lipinski definition) is 2. The largest absolute Gasteiger partial charge is 0.343 e. The van der Waals surface area contributed by atoms with Crippen LogP contribution in [0.2, 0.25) is 5.02 Å². The molecule has 0 N–H and O–H groups in total. The van der Waals surface area contributed by atoms with Crippen LogP contribution in [0.1, 0.15) is 67.8 Å². The molecular formula is C27H31ClN2O. The van der Waals surface area contributed by atoms with Gasteiger partial charge < -0.3 is 4.90 Å². The number of allylic oxidation sites excluding steroid dienone is 2. The minimum Gasteiger partial charge on any atom is -0.343 e. The number of aromatic nitrogens is 1. The molecule has 1 aliphatic carbocycles. The van der Waals surface area contributed by atoms with Gasteiger partial charge in [-0.1, -0.05) is 42.8 Å². The second-order valence-electron chi connectivity index (χ2n) is 8.95. The molecule has 2 atom stereocenters. The third-order valence-electron chi connectivity index (χ3n) is 6.92. The number of fused-ring (bicyclic) bond motifs is 2. The summed E-state index contributed by atoms with van der Waals surface area (Å²) in [6.45, 7) is 9.47. The average Bonchev–Trinajstić information content (AvgIpc) is 2.91. The van der Waals surface area contributed by atoms with Crippen LogP contribution < -0.4 is 0 Å². The van der Waals surface area contributed by atoms with Crippen molar-refractivity contribution in [1.29, 1.82) is 0 Å². The molecule has 0 bridgehead atoms. The van der Waals surface area contributed by atoms with E-state index in [0.717, 1.165) is 43.8 Å². The number of pyridine rings is 1. The molecule has 2 unspecified atom stereocenters. The van der Waals surface area contributed by atoms with Crippen LogP contribution in [0.5, 0.6) is 0 Å². The van der Waals surface area contributed by atoms with Crippen LogP contribution in [0.15, 0.2) is 49.2 Å². The molecule has 0 spiro atoms. The zero-order valence-electron chi connectivity index (χ0n) is 18.5. The van der Waals surface area contributed by atoms with E-state index in [-0.39, 0.29) is 11.8 Å². The topological polar surface area (TPSA) is 33.2 Å². The van der Waals surface area contributed by atoms with Crippen LogP contribution in [0, 0.1) is 11.8 Å². The molecule has 0 radical (unpaired) electrons. The van der Waals surface area contributed by atoms with Gasteiger partial charge in [-0.25, -0.2) is 0 Å². The van der Waals surface area contributed by atoms with Crippen molar-refractivity contribution in [1.82, 2.24) is 9.88 Å². The zero-order valence-corrected chi connectivity index (χ0v) is 19.2. The van der Waals surface area contributed by atoms with E-state index in [1.807, 2.05) is 29.3 Å². The molecule has 4 rings (SSSR count). The highest BCUT2D eigenvalue weighted by molar-refractivity contribution is 6.30. The second-order valence-corrected chi connectivity index (χ2v) is 9.39. The lowest BCUT2D eigenvalue weighted by Gasteiger charge is -2.36. The Morgan fingerprint density at radius 3 is 2.81 bits per heavy atom. The second kappa shape index (κ2) is 9.40. The fraction of sp³-hybridized carbons (Fsp3) is 0.407. The molecule has 4 heteroatoms. The summed E-state index contributed by atoms with van der Waals surface area (Å²) in [5.74, 6) is 1.30. The van der Waals surface area contributed by atoms with E-state index in [1.165, 1.54) is 28.0 Å². The number of carbonyl (C=O) groups is 1. The highest BCUT2D eigenvalue weighted by atomic mass is 35.5. The summed E-state index contributed by atoms with van der Waals surface area (Å²) in [4.78, 5) is 18.8. The van der Waals surface area contributed by atoms with Gasteiger partial charge in [0.1, 0.15) is 0 Å². The predicted molar refractivity (Wildman–Crippen MR) is 129 cm³/mol. The summed E-state index contributed by atoms with van der Waals surface area (Å²) in [5.41, 5.74) is 6.25. The summed E-state index contributed by atoms with van der Waals surface area (Å²) >= 11 is 6.42. The predicted octanol–water partition coefficient (Wildman–Crippen LogP) is 6.58. The molecule has 1 amide bonds. The van der Waals surface area contributed by atoms with Crippen molar-refractivity contribution in [3.05, 3.63) is 76.6 Å². The van der Waals surface area contributed by atoms with Crippen molar-refractivity contribution in [2.45, 2.75) is 45.4 Å². The smallest absolute Gasteiger partial charge is 0.219 e. The van der Waals surface area contributed by atoms with E-state index in [1.54, 1.807) is 6.92 Å². The van der Waals surface area contributed by atoms with E-state index >= 15 is 0 Å². The molecule has 162 valence electrons. The maximum absolute atomic E-state index is 11.8. The number of benzene rings is 1. The normalized spacial score (nSPS) is 19.6. The zero-order chi connectivity index (χ0) is 22.0. The van der Waals surface area contributed by atoms with Crippen LogP contribution >= 0.6 is 11.6 Å². The van der Waals surface area contributed by atoms with E-state index < -0.39 is 0 Å². The quantitative estimate of drug-likeness (QED) is 0.498. The first kappa shape index (κ1) is 21.8. The SMILES string of the molecule is C=CC(C)CCC1=Cc2cc(Cl)ccc2C(C2CCN(C(C)=O)CC2)c2ncccc21. The van der Waals surface area contributed by atoms with Crippen LogP contribution in [-0.4, -0.2) is 28.9 Å². The van der Waals surface area contributed by atoms with Gasteiger partial charge in [-0.2, -0.15) is 0 Å². The summed E-state index contributed by atoms with van der Waals surface area (Å²) in [5, 5.41) is 0.762. The first-order valence-electron chi connectivity index (χ1n) is 11.3. The first-order valence-corrected chi connectivity index (χ1v) is 11.7. The summed E-state index contributed by atoms with van der Waals surface area (Å²) < 4.78 is 0. The fourth-order valence-electron chi connectivity index (χ4n) is 5.04. The van der Waals surface area contributed by atoms with Gasteiger partial charge in [0.15, 0.2) is 0 Å². The highest BCUT2D eigenvalue weighted by Gasteiger charge is 2.34. The van der Waals surface area contributed by atoms with Crippen molar-refractivity contribution in [2.75, 3.05) is 13.1 Å². The Balaban J connectivity index is 1.77. The molecule has 1 fully saturated rings. The van der Waals surface area contributed by atoms with Gasteiger partial charge in [-0.3, -0.25) is 9.78 Å². The number of nitrogens with zero attached hydrogens (tertiary/aromatic N) is 2. The number of likely N-dealkylation sites (tertiary alicyclic amines) is 1. The third-order valence-corrected chi connectivity index (χ3v) is 7.16. The van der Waals surface area contributed by atoms with Crippen molar-refractivity contribution >= 4 is 29.2 Å². The molecule has 31 heavy (non-hydrogen) atoms. The lowest BCUT2D eigenvalue weighted by Crippen LogP contribution is -2.38. The first-order chi connectivity index (χ1) is 15.0. The molecule has 2 heterocycles. The van der Waals surface area contributed by atoms with E-state index in [9.17, 15) is 4.79 Å². The van der Waals surface area contributed by atoms with Crippen molar-refractivity contribution < 1.29 is 4.79 Å². The van der Waals surface area contributed by atoms with Crippen LogP contribution in [-0.2, 0) is 4.79 Å². The monoisotopic (exact) mass is 434 g/mol. The molecule has 2 aliphatic rings. The molecule has 1 aromatic carbocycles. The molecule has 1 aromatic heterocycles. The average molecular weight is 435 g/mol. The van der Waals surface area contributed by atoms with E-state index in [4.69, 9.17) is 16.6 Å². The molecule has 2 aromatic rings. The molecular weight excluding hydrogens is 404 g/mol. The third kappa shape index (κ3) is 4.62. The van der Waals surface area contributed by atoms with E-state index in [2.05, 4.69) is 37.8 Å². The number of rotatable bonds is 5. The Kier molecular flexibility index (Phi) is 6.62. The van der Waals surface area contributed by atoms with Gasteiger partial charge in [-0.15, -0.1) is 6.58 Å². The highest BCUT2D eigenvalue weighted by Crippen LogP contribution is 2.45. The Morgan fingerprint density at radius 1 is 1.32 bits per heavy atom. The van der Waals surface area contributed by atoms with Crippen LogP contribution in [0.4, 0.5) is 0 Å². The molecule has 1 saturated heterocycles. The lowest BCUT2D eigenvalue weighted by atomic mass is 9.76. The van der Waals surface area contributed by atoms with Gasteiger partial charge >= 0.3 is 0 Å². The minimum atomic E-state index is 0.172. The summed E-state index contributed by atoms with van der Waals surface area (Å²) in [6.07, 6.45) is 10.3. The number of piperidine rings is 1. The summed E-state index contributed by atoms with van der Waals surface area (Å²) in [6, 6.07) is 10.5. The van der Waals surface area contributed by atoms with Gasteiger partial charge in [0.2, 0.25) is 5.91 Å². The Hall–Kier alpha value is -2.39. The van der Waals surface area contributed by atoms with Crippen LogP contribution in [0.3, 0.4) is 0 Å². The molecule has 3 nitrogen and oxygen atoms in total. The Labute approximate surface area is 190 Å². The Morgan fingerprint density at radius 2 is 2.10 bits per heavy atom. The number of amides is 1. The van der Waals surface area contributed by atoms with E-state index in [0.29, 0.717) is 11.8 Å². The van der Waals surface area contributed by atoms with Crippen molar-refractivity contribution in [3.63, 3.8) is 0 Å². The van der Waals surface area contributed by atoms with Crippen LogP contribution in [0.25, 0.3) is 11.6 Å². The van der Waals surface area contributed by atoms with Crippen molar-refractivity contribution in [3.8, 4) is 0 Å². The van der Waals surface area contributed by atoms with Crippen molar-refractivity contribution in [2.24, 2.45) is 11.8 Å². The Bertz CT molecular complexity index is 1000. The maximum Gasteiger partial charge on any atom is 0.219 e. The van der Waals surface area contributed by atoms with Gasteiger partial charge in [-0.05, 0) is 78.0 Å². The van der Waals surface area contributed by atoms with Gasteiger partial charge in [0.25, 0.3) is 0 Å². The minimum absolute atomic E-state index is 0.172. The maximum atomic E-state index is 11.8. The number of hydrogen-bond donors (Lipinski definition) is 0. The number of halogens is 1.